The summed E-state index contributed by atoms with van der Waals surface area (Å²) >= 11 is 0. The Labute approximate surface area is 175 Å². The lowest BCUT2D eigenvalue weighted by Gasteiger charge is -2.16. The number of rotatable bonds is 10. The maximum atomic E-state index is 12.4. The first kappa shape index (κ1) is 23.0. The van der Waals surface area contributed by atoms with E-state index in [2.05, 4.69) is 5.32 Å². The van der Waals surface area contributed by atoms with Crippen molar-refractivity contribution >= 4 is 23.7 Å². The third-order valence-corrected chi connectivity index (χ3v) is 4.16. The van der Waals surface area contributed by atoms with Crippen molar-refractivity contribution in [2.24, 2.45) is 5.73 Å². The zero-order valence-electron chi connectivity index (χ0n) is 17.6. The Bertz CT molecular complexity index is 904. The van der Waals surface area contributed by atoms with Crippen molar-refractivity contribution in [3.63, 3.8) is 0 Å². The molecule has 2 aromatic rings. The molecule has 0 unspecified atom stereocenters. The molecule has 3 N–H and O–H groups in total. The number of carbonyl (C=O) groups excluding carboxylic acids is 3. The van der Waals surface area contributed by atoms with Gasteiger partial charge in [0, 0.05) is 6.54 Å². The molecule has 162 valence electrons. The van der Waals surface area contributed by atoms with Crippen molar-refractivity contribution in [1.82, 2.24) is 4.90 Å². The van der Waals surface area contributed by atoms with Gasteiger partial charge in [-0.05, 0) is 45.5 Å². The number of primary amides is 1. The Morgan fingerprint density at radius 2 is 1.77 bits per heavy atom. The lowest BCUT2D eigenvalue weighted by molar-refractivity contribution is -0.117. The second-order valence-electron chi connectivity index (χ2n) is 6.62. The summed E-state index contributed by atoms with van der Waals surface area (Å²) in [5.74, 6) is -1.29. The molecule has 1 heterocycles. The largest absolute Gasteiger partial charge is 0.494 e. The summed E-state index contributed by atoms with van der Waals surface area (Å²) in [7, 11) is 1.78. The lowest BCUT2D eigenvalue weighted by atomic mass is 10.1. The predicted molar refractivity (Wildman–Crippen MR) is 110 cm³/mol. The fourth-order valence-electron chi connectivity index (χ4n) is 2.95. The maximum absolute atomic E-state index is 12.4. The molecule has 0 saturated carbocycles. The Morgan fingerprint density at radius 3 is 2.33 bits per heavy atom. The highest BCUT2D eigenvalue weighted by molar-refractivity contribution is 6.10. The molecule has 1 aromatic heterocycles. The van der Waals surface area contributed by atoms with E-state index >= 15 is 0 Å². The van der Waals surface area contributed by atoms with Crippen molar-refractivity contribution in [2.75, 3.05) is 32.1 Å². The van der Waals surface area contributed by atoms with Crippen LogP contribution >= 0.6 is 0 Å². The average Bonchev–Trinajstić information content (AvgIpc) is 2.99. The van der Waals surface area contributed by atoms with Crippen molar-refractivity contribution in [3.8, 4) is 5.75 Å². The van der Waals surface area contributed by atoms with Crippen LogP contribution in [0.25, 0.3) is 0 Å². The number of nitrogens with two attached hydrogens (primary N) is 1. The number of carbonyl (C=O) groups is 3. The Morgan fingerprint density at radius 1 is 1.10 bits per heavy atom. The van der Waals surface area contributed by atoms with Crippen LogP contribution in [0.3, 0.4) is 0 Å². The number of amides is 2. The number of benzene rings is 1. The van der Waals surface area contributed by atoms with Crippen LogP contribution in [0.4, 0.5) is 5.88 Å². The summed E-state index contributed by atoms with van der Waals surface area (Å²) in [4.78, 5) is 38.2. The number of ether oxygens (including phenoxy) is 2. The second-order valence-corrected chi connectivity index (χ2v) is 6.62. The number of anilines is 1. The average molecular weight is 417 g/mol. The number of aryl methyl sites for hydroxylation is 1. The Hall–Kier alpha value is -3.33. The lowest BCUT2D eigenvalue weighted by Crippen LogP contribution is -2.30. The standard InChI is InChI=1S/C21H27N3O6/c1-5-28-15-9-7-14(8-10-15)11-24(4)12-16(25)23-20-18(19(22)26)17(13(3)30-20)21(27)29-6-2/h7-10H,5-6,11-12H2,1-4H3,(H2,22,26)(H,23,25). The van der Waals surface area contributed by atoms with Gasteiger partial charge in [-0.2, -0.15) is 0 Å². The molecule has 0 aliphatic carbocycles. The molecule has 0 saturated heterocycles. The van der Waals surface area contributed by atoms with Gasteiger partial charge >= 0.3 is 5.97 Å². The van der Waals surface area contributed by atoms with Crippen molar-refractivity contribution < 1.29 is 28.3 Å². The number of furan rings is 1. The molecule has 9 nitrogen and oxygen atoms in total. The topological polar surface area (TPSA) is 124 Å². The first-order valence-corrected chi connectivity index (χ1v) is 9.57. The van der Waals surface area contributed by atoms with Crippen LogP contribution in [0.5, 0.6) is 5.75 Å². The van der Waals surface area contributed by atoms with E-state index in [0.29, 0.717) is 13.2 Å². The second kappa shape index (κ2) is 10.4. The Kier molecular flexibility index (Phi) is 7.99. The van der Waals surface area contributed by atoms with Gasteiger partial charge in [0.2, 0.25) is 11.8 Å². The molecular weight excluding hydrogens is 390 g/mol. The highest BCUT2D eigenvalue weighted by Gasteiger charge is 2.29. The number of esters is 1. The number of nitrogens with one attached hydrogen (secondary N) is 1. The molecule has 0 radical (unpaired) electrons. The van der Waals surface area contributed by atoms with E-state index < -0.39 is 17.8 Å². The zero-order valence-corrected chi connectivity index (χ0v) is 17.6. The van der Waals surface area contributed by atoms with Gasteiger partial charge in [0.1, 0.15) is 22.6 Å². The van der Waals surface area contributed by atoms with Crippen LogP contribution in [-0.2, 0) is 16.1 Å². The summed E-state index contributed by atoms with van der Waals surface area (Å²) in [6.45, 7) is 6.32. The van der Waals surface area contributed by atoms with Crippen molar-refractivity contribution in [1.29, 1.82) is 0 Å². The van der Waals surface area contributed by atoms with Crippen molar-refractivity contribution in [3.05, 3.63) is 46.7 Å². The highest BCUT2D eigenvalue weighted by Crippen LogP contribution is 2.27. The fourth-order valence-corrected chi connectivity index (χ4v) is 2.95. The van der Waals surface area contributed by atoms with E-state index in [9.17, 15) is 14.4 Å². The summed E-state index contributed by atoms with van der Waals surface area (Å²) < 4.78 is 15.8. The number of likely N-dealkylation sites (N-methyl/N-ethyl adjacent to an activating group) is 1. The van der Waals surface area contributed by atoms with Crippen LogP contribution in [-0.4, -0.2) is 49.5 Å². The summed E-state index contributed by atoms with van der Waals surface area (Å²) in [6, 6.07) is 7.58. The van der Waals surface area contributed by atoms with E-state index in [4.69, 9.17) is 19.6 Å². The van der Waals surface area contributed by atoms with E-state index in [-0.39, 0.29) is 35.9 Å². The van der Waals surface area contributed by atoms with E-state index in [0.717, 1.165) is 11.3 Å². The number of hydrogen-bond donors (Lipinski definition) is 2. The number of hydrogen-bond acceptors (Lipinski definition) is 7. The minimum absolute atomic E-state index is 0.0277. The molecule has 0 spiro atoms. The van der Waals surface area contributed by atoms with Crippen LogP contribution in [0.1, 0.15) is 45.9 Å². The van der Waals surface area contributed by atoms with Gasteiger partial charge in [-0.1, -0.05) is 12.1 Å². The minimum atomic E-state index is -0.895. The van der Waals surface area contributed by atoms with E-state index in [1.807, 2.05) is 31.2 Å². The molecule has 9 heteroatoms. The predicted octanol–water partition coefficient (Wildman–Crippen LogP) is 2.33. The molecule has 2 rings (SSSR count). The molecule has 30 heavy (non-hydrogen) atoms. The minimum Gasteiger partial charge on any atom is -0.494 e. The Balaban J connectivity index is 2.05. The SMILES string of the molecule is CCOC(=O)c1c(C)oc(NC(=O)CN(C)Cc2ccc(OCC)cc2)c1C(N)=O. The third-order valence-electron chi connectivity index (χ3n) is 4.16. The molecule has 0 fully saturated rings. The molecule has 1 aromatic carbocycles. The molecule has 0 bridgehead atoms. The first-order valence-electron chi connectivity index (χ1n) is 9.57. The van der Waals surface area contributed by atoms with E-state index in [1.54, 1.807) is 18.9 Å². The molecular formula is C21H27N3O6. The summed E-state index contributed by atoms with van der Waals surface area (Å²) in [6.07, 6.45) is 0. The van der Waals surface area contributed by atoms with Crippen LogP contribution in [0, 0.1) is 6.92 Å². The van der Waals surface area contributed by atoms with Gasteiger partial charge in [-0.25, -0.2) is 4.79 Å². The fraction of sp³-hybridized carbons (Fsp3) is 0.381. The third kappa shape index (κ3) is 5.84. The molecule has 0 atom stereocenters. The van der Waals surface area contributed by atoms with Crippen LogP contribution in [0.2, 0.25) is 0 Å². The highest BCUT2D eigenvalue weighted by atomic mass is 16.5. The van der Waals surface area contributed by atoms with Gasteiger partial charge in [0.25, 0.3) is 5.91 Å². The van der Waals surface area contributed by atoms with Gasteiger partial charge in [-0.3, -0.25) is 19.8 Å². The van der Waals surface area contributed by atoms with Gasteiger partial charge < -0.3 is 19.6 Å². The quantitative estimate of drug-likeness (QED) is 0.569. The first-order chi connectivity index (χ1) is 14.3. The molecule has 0 aliphatic rings. The van der Waals surface area contributed by atoms with Gasteiger partial charge in [0.05, 0.1) is 19.8 Å². The molecule has 0 aliphatic heterocycles. The maximum Gasteiger partial charge on any atom is 0.342 e. The normalized spacial score (nSPS) is 10.7. The zero-order chi connectivity index (χ0) is 22.3. The van der Waals surface area contributed by atoms with Crippen LogP contribution < -0.4 is 15.8 Å². The van der Waals surface area contributed by atoms with E-state index in [1.165, 1.54) is 6.92 Å². The van der Waals surface area contributed by atoms with Crippen molar-refractivity contribution in [2.45, 2.75) is 27.3 Å². The molecule has 2 amide bonds. The van der Waals surface area contributed by atoms with Crippen LogP contribution in [0.15, 0.2) is 28.7 Å². The van der Waals surface area contributed by atoms with Gasteiger partial charge in [-0.15, -0.1) is 0 Å². The smallest absolute Gasteiger partial charge is 0.342 e. The summed E-state index contributed by atoms with van der Waals surface area (Å²) in [5.41, 5.74) is 6.12. The number of nitrogens with zero attached hydrogens (tertiary/aromatic N) is 1. The summed E-state index contributed by atoms with van der Waals surface area (Å²) in [5, 5.41) is 2.52. The van der Waals surface area contributed by atoms with Gasteiger partial charge in [0.15, 0.2) is 0 Å². The monoisotopic (exact) mass is 417 g/mol.